The van der Waals surface area contributed by atoms with Crippen molar-refractivity contribution < 1.29 is 9.21 Å². The van der Waals surface area contributed by atoms with E-state index in [1.165, 1.54) is 0 Å². The van der Waals surface area contributed by atoms with Crippen molar-refractivity contribution in [2.24, 2.45) is 0 Å². The minimum atomic E-state index is -0.0845. The third-order valence-corrected chi connectivity index (χ3v) is 4.85. The molecule has 1 fully saturated rings. The summed E-state index contributed by atoms with van der Waals surface area (Å²) in [5.74, 6) is 1.32. The van der Waals surface area contributed by atoms with Crippen molar-refractivity contribution in [1.82, 2.24) is 14.9 Å². The van der Waals surface area contributed by atoms with Crippen LogP contribution in [-0.2, 0) is 0 Å². The molecule has 3 heterocycles. The van der Waals surface area contributed by atoms with Crippen LogP contribution >= 0.6 is 0 Å². The van der Waals surface area contributed by atoms with Crippen molar-refractivity contribution in [3.05, 3.63) is 65.0 Å². The lowest BCUT2D eigenvalue weighted by molar-refractivity contribution is 0.0844. The van der Waals surface area contributed by atoms with Gasteiger partial charge in [-0.3, -0.25) is 4.79 Å². The molecule has 1 aromatic carbocycles. The molecule has 0 unspecified atom stereocenters. The first-order valence-corrected chi connectivity index (χ1v) is 8.97. The number of nitrogens with zero attached hydrogens (tertiary/aromatic N) is 3. The molecule has 1 saturated carbocycles. The number of hydrogen-bond donors (Lipinski definition) is 1. The number of carbonyl (C=O) groups excluding carboxylic acids is 1. The maximum absolute atomic E-state index is 13.3. The van der Waals surface area contributed by atoms with Crippen LogP contribution in [0.1, 0.15) is 40.2 Å². The average Bonchev–Trinajstić information content (AvgIpc) is 3.34. The lowest BCUT2D eigenvalue weighted by Crippen LogP contribution is -2.25. The van der Waals surface area contributed by atoms with E-state index in [1.54, 1.807) is 0 Å². The molecule has 2 aromatic heterocycles. The van der Waals surface area contributed by atoms with Crippen LogP contribution < -0.4 is 5.73 Å². The number of fused-ring (bicyclic) bond motifs is 1. The molecule has 0 radical (unpaired) electrons. The highest BCUT2D eigenvalue weighted by molar-refractivity contribution is 6.14. The van der Waals surface area contributed by atoms with E-state index in [4.69, 9.17) is 10.2 Å². The maximum atomic E-state index is 13.3. The largest absolute Gasteiger partial charge is 0.460 e. The number of hydrogen-bond acceptors (Lipinski definition) is 5. The second-order valence-corrected chi connectivity index (χ2v) is 6.91. The lowest BCUT2D eigenvalue weighted by Gasteiger charge is -2.17. The molecule has 6 heteroatoms. The summed E-state index contributed by atoms with van der Waals surface area (Å²) in [7, 11) is 0. The van der Waals surface area contributed by atoms with Crippen LogP contribution in [0.2, 0.25) is 0 Å². The molecule has 2 aliphatic rings. The Morgan fingerprint density at radius 3 is 2.52 bits per heavy atom. The fourth-order valence-electron chi connectivity index (χ4n) is 3.49. The summed E-state index contributed by atoms with van der Waals surface area (Å²) in [5.41, 5.74) is 9.28. The monoisotopic (exact) mass is 358 g/mol. The van der Waals surface area contributed by atoms with Gasteiger partial charge in [0, 0.05) is 6.04 Å². The van der Waals surface area contributed by atoms with Crippen LogP contribution in [0.4, 0.5) is 5.95 Å². The Bertz CT molecular complexity index is 1080. The van der Waals surface area contributed by atoms with Gasteiger partial charge in [0.15, 0.2) is 5.76 Å². The van der Waals surface area contributed by atoms with Crippen molar-refractivity contribution in [2.45, 2.75) is 25.8 Å². The van der Waals surface area contributed by atoms with Gasteiger partial charge in [0.25, 0.3) is 5.91 Å². The van der Waals surface area contributed by atoms with Gasteiger partial charge in [0.2, 0.25) is 5.95 Å². The number of furan rings is 1. The van der Waals surface area contributed by atoms with Crippen molar-refractivity contribution in [3.8, 4) is 11.5 Å². The molecule has 1 amide bonds. The molecule has 27 heavy (non-hydrogen) atoms. The summed E-state index contributed by atoms with van der Waals surface area (Å²) in [6.07, 6.45) is 3.97. The highest BCUT2D eigenvalue weighted by Crippen LogP contribution is 2.44. The molecule has 0 spiro atoms. The molecule has 6 nitrogen and oxygen atoms in total. The summed E-state index contributed by atoms with van der Waals surface area (Å²) in [6.45, 7) is 1.85. The first kappa shape index (κ1) is 15.8. The molecule has 5 rings (SSSR count). The average molecular weight is 358 g/mol. The second kappa shape index (κ2) is 5.81. The van der Waals surface area contributed by atoms with E-state index in [9.17, 15) is 4.79 Å². The topological polar surface area (TPSA) is 85.2 Å². The van der Waals surface area contributed by atoms with Gasteiger partial charge in [-0.25, -0.2) is 9.97 Å². The van der Waals surface area contributed by atoms with Gasteiger partial charge < -0.3 is 15.1 Å². The molecular formula is C21H18N4O2. The van der Waals surface area contributed by atoms with Crippen molar-refractivity contribution in [1.29, 1.82) is 0 Å². The zero-order valence-electron chi connectivity index (χ0n) is 14.8. The molecule has 3 aromatic rings. The standard InChI is InChI=1S/C21H18N4O2/c1-12-7-10-16(27-12)19-17-18(23-21(22)24-19)15(11-13-5-3-2-4-6-13)25(20(17)26)14-8-9-14/h2-7,10-11,14H,8-9H2,1H3,(H2,22,23,24). The molecule has 1 aliphatic carbocycles. The van der Waals surface area contributed by atoms with Crippen LogP contribution in [-0.4, -0.2) is 26.8 Å². The Morgan fingerprint density at radius 1 is 1.11 bits per heavy atom. The number of nitrogens with two attached hydrogens (primary N) is 1. The highest BCUT2D eigenvalue weighted by Gasteiger charge is 2.45. The highest BCUT2D eigenvalue weighted by atomic mass is 16.3. The van der Waals surface area contributed by atoms with Crippen LogP contribution in [0.5, 0.6) is 0 Å². The van der Waals surface area contributed by atoms with Crippen molar-refractivity contribution >= 4 is 23.6 Å². The van der Waals surface area contributed by atoms with Gasteiger partial charge in [-0.05, 0) is 43.5 Å². The van der Waals surface area contributed by atoms with Gasteiger partial charge in [0.1, 0.15) is 17.1 Å². The fourth-order valence-corrected chi connectivity index (χ4v) is 3.49. The number of amides is 1. The Balaban J connectivity index is 1.74. The summed E-state index contributed by atoms with van der Waals surface area (Å²) in [6, 6.07) is 13.8. The van der Waals surface area contributed by atoms with Gasteiger partial charge in [-0.2, -0.15) is 0 Å². The summed E-state index contributed by atoms with van der Waals surface area (Å²) < 4.78 is 5.73. The van der Waals surface area contributed by atoms with Crippen LogP contribution in [0.3, 0.4) is 0 Å². The van der Waals surface area contributed by atoms with Crippen LogP contribution in [0.25, 0.3) is 23.2 Å². The number of rotatable bonds is 3. The molecule has 0 bridgehead atoms. The van der Waals surface area contributed by atoms with Gasteiger partial charge in [-0.1, -0.05) is 30.3 Å². The van der Waals surface area contributed by atoms with E-state index in [0.717, 1.165) is 29.9 Å². The van der Waals surface area contributed by atoms with Crippen molar-refractivity contribution in [3.63, 3.8) is 0 Å². The van der Waals surface area contributed by atoms with E-state index in [-0.39, 0.29) is 17.9 Å². The first-order valence-electron chi connectivity index (χ1n) is 8.97. The SMILES string of the molecule is Cc1ccc(-c2nc(N)nc3c2C(=O)N(C2CC2)C3=Cc2ccccc2)o1. The minimum Gasteiger partial charge on any atom is -0.460 e. The summed E-state index contributed by atoms with van der Waals surface area (Å²) >= 11 is 0. The van der Waals surface area contributed by atoms with Crippen LogP contribution in [0, 0.1) is 6.92 Å². The zero-order chi connectivity index (χ0) is 18.5. The number of carbonyl (C=O) groups is 1. The predicted molar refractivity (Wildman–Crippen MR) is 102 cm³/mol. The maximum Gasteiger partial charge on any atom is 0.263 e. The number of nitrogen functional groups attached to an aromatic ring is 1. The van der Waals surface area contributed by atoms with E-state index in [0.29, 0.717) is 22.7 Å². The zero-order valence-corrected chi connectivity index (χ0v) is 14.8. The van der Waals surface area contributed by atoms with E-state index in [2.05, 4.69) is 9.97 Å². The number of aryl methyl sites for hydroxylation is 1. The molecule has 1 aliphatic heterocycles. The molecule has 0 saturated heterocycles. The Labute approximate surface area is 156 Å². The number of aromatic nitrogens is 2. The predicted octanol–water partition coefficient (Wildman–Crippen LogP) is 3.74. The smallest absolute Gasteiger partial charge is 0.263 e. The summed E-state index contributed by atoms with van der Waals surface area (Å²) in [5, 5.41) is 0. The van der Waals surface area contributed by atoms with E-state index >= 15 is 0 Å². The molecule has 2 N–H and O–H groups in total. The van der Waals surface area contributed by atoms with E-state index < -0.39 is 0 Å². The van der Waals surface area contributed by atoms with Gasteiger partial charge >= 0.3 is 0 Å². The summed E-state index contributed by atoms with van der Waals surface area (Å²) in [4.78, 5) is 23.9. The van der Waals surface area contributed by atoms with Gasteiger partial charge in [0.05, 0.1) is 11.3 Å². The molecule has 0 atom stereocenters. The fraction of sp³-hybridized carbons (Fsp3) is 0.190. The Morgan fingerprint density at radius 2 is 1.85 bits per heavy atom. The number of benzene rings is 1. The molecular weight excluding hydrogens is 340 g/mol. The number of anilines is 1. The second-order valence-electron chi connectivity index (χ2n) is 6.91. The minimum absolute atomic E-state index is 0.0845. The Kier molecular flexibility index (Phi) is 3.40. The third kappa shape index (κ3) is 2.61. The van der Waals surface area contributed by atoms with Crippen molar-refractivity contribution in [2.75, 3.05) is 5.73 Å². The van der Waals surface area contributed by atoms with Gasteiger partial charge in [-0.15, -0.1) is 0 Å². The third-order valence-electron chi connectivity index (χ3n) is 4.85. The molecule has 134 valence electrons. The Hall–Kier alpha value is -3.41. The normalized spacial score (nSPS) is 17.6. The first-order chi connectivity index (χ1) is 13.1. The van der Waals surface area contributed by atoms with Crippen LogP contribution in [0.15, 0.2) is 46.9 Å². The van der Waals surface area contributed by atoms with E-state index in [1.807, 2.05) is 60.4 Å². The quantitative estimate of drug-likeness (QED) is 0.771. The lowest BCUT2D eigenvalue weighted by atomic mass is 10.1.